The van der Waals surface area contributed by atoms with Crippen LogP contribution in [0.5, 0.6) is 5.75 Å². The first-order valence-corrected chi connectivity index (χ1v) is 9.73. The molecule has 1 unspecified atom stereocenters. The van der Waals surface area contributed by atoms with Crippen molar-refractivity contribution in [1.29, 1.82) is 0 Å². The van der Waals surface area contributed by atoms with Gasteiger partial charge in [-0.1, -0.05) is 12.1 Å². The van der Waals surface area contributed by atoms with Gasteiger partial charge in [-0.3, -0.25) is 24.6 Å². The zero-order valence-corrected chi connectivity index (χ0v) is 16.6. The Morgan fingerprint density at radius 2 is 1.67 bits per heavy atom. The molecule has 0 aliphatic carbocycles. The van der Waals surface area contributed by atoms with Crippen molar-refractivity contribution in [3.63, 3.8) is 0 Å². The summed E-state index contributed by atoms with van der Waals surface area (Å²) in [5, 5.41) is 10.8. The van der Waals surface area contributed by atoms with Crippen LogP contribution in [0.3, 0.4) is 0 Å². The molecule has 2 heterocycles. The summed E-state index contributed by atoms with van der Waals surface area (Å²) in [4.78, 5) is 41.2. The van der Waals surface area contributed by atoms with Crippen molar-refractivity contribution in [2.45, 2.75) is 12.5 Å². The molecule has 2 aromatic carbocycles. The molecule has 0 N–H and O–H groups in total. The van der Waals surface area contributed by atoms with Crippen LogP contribution in [-0.2, 0) is 9.59 Å². The molecule has 0 bridgehead atoms. The summed E-state index contributed by atoms with van der Waals surface area (Å²) < 4.78 is 5.44. The summed E-state index contributed by atoms with van der Waals surface area (Å²) in [5.41, 5.74) is 1.30. The number of hydrogen-bond acceptors (Lipinski definition) is 7. The number of hydrogen-bond donors (Lipinski definition) is 0. The van der Waals surface area contributed by atoms with Gasteiger partial charge in [0, 0.05) is 38.3 Å². The number of anilines is 2. The van der Waals surface area contributed by atoms with E-state index in [2.05, 4.69) is 4.90 Å². The first kappa shape index (κ1) is 19.8. The highest BCUT2D eigenvalue weighted by atomic mass is 16.6. The lowest BCUT2D eigenvalue weighted by atomic mass is 10.1. The van der Waals surface area contributed by atoms with E-state index in [0.717, 1.165) is 29.4 Å². The quantitative estimate of drug-likeness (QED) is 0.423. The molecule has 4 rings (SSSR count). The molecule has 9 heteroatoms. The van der Waals surface area contributed by atoms with Crippen LogP contribution in [0.2, 0.25) is 0 Å². The zero-order valence-electron chi connectivity index (χ0n) is 16.6. The van der Waals surface area contributed by atoms with Gasteiger partial charge in [0.05, 0.1) is 35.9 Å². The summed E-state index contributed by atoms with van der Waals surface area (Å²) in [6.07, 6.45) is 0.116. The minimum atomic E-state index is -0.512. The minimum absolute atomic E-state index is 0.0816. The first-order chi connectivity index (χ1) is 14.5. The van der Waals surface area contributed by atoms with E-state index in [-0.39, 0.29) is 23.9 Å². The van der Waals surface area contributed by atoms with Gasteiger partial charge in [0.25, 0.3) is 11.6 Å². The molecule has 2 aliphatic heterocycles. The minimum Gasteiger partial charge on any atom is -0.495 e. The number of ether oxygens (including phenoxy) is 1. The van der Waals surface area contributed by atoms with E-state index in [9.17, 15) is 19.7 Å². The normalized spacial score (nSPS) is 20.0. The maximum atomic E-state index is 13.0. The largest absolute Gasteiger partial charge is 0.495 e. The first-order valence-electron chi connectivity index (χ1n) is 9.73. The summed E-state index contributed by atoms with van der Waals surface area (Å²) in [5.74, 6) is 0.244. The van der Waals surface area contributed by atoms with Crippen molar-refractivity contribution in [3.05, 3.63) is 58.6 Å². The number of nitro benzene ring substituents is 1. The third-order valence-corrected chi connectivity index (χ3v) is 5.62. The molecule has 2 aromatic rings. The third-order valence-electron chi connectivity index (χ3n) is 5.62. The average molecular weight is 410 g/mol. The summed E-state index contributed by atoms with van der Waals surface area (Å²) >= 11 is 0. The molecule has 0 aromatic heterocycles. The van der Waals surface area contributed by atoms with Crippen molar-refractivity contribution in [1.82, 2.24) is 4.90 Å². The van der Waals surface area contributed by atoms with E-state index in [1.807, 2.05) is 29.2 Å². The second-order valence-electron chi connectivity index (χ2n) is 7.26. The Balaban J connectivity index is 1.44. The van der Waals surface area contributed by atoms with Gasteiger partial charge in [-0.2, -0.15) is 0 Å². The Morgan fingerprint density at radius 3 is 2.30 bits per heavy atom. The Labute approximate surface area is 173 Å². The van der Waals surface area contributed by atoms with Gasteiger partial charge < -0.3 is 9.64 Å². The van der Waals surface area contributed by atoms with Crippen LogP contribution in [0, 0.1) is 10.1 Å². The molecule has 30 heavy (non-hydrogen) atoms. The van der Waals surface area contributed by atoms with Gasteiger partial charge in [0.1, 0.15) is 5.75 Å². The van der Waals surface area contributed by atoms with Crippen molar-refractivity contribution >= 4 is 28.9 Å². The molecule has 2 fully saturated rings. The summed E-state index contributed by atoms with van der Waals surface area (Å²) in [6.45, 7) is 2.73. The van der Waals surface area contributed by atoms with E-state index >= 15 is 0 Å². The monoisotopic (exact) mass is 410 g/mol. The van der Waals surface area contributed by atoms with Crippen LogP contribution in [-0.4, -0.2) is 61.0 Å². The Morgan fingerprint density at radius 1 is 1.00 bits per heavy atom. The molecule has 0 radical (unpaired) electrons. The van der Waals surface area contributed by atoms with Gasteiger partial charge in [-0.25, -0.2) is 4.90 Å². The fourth-order valence-electron chi connectivity index (χ4n) is 4.06. The molecule has 2 amide bonds. The van der Waals surface area contributed by atoms with Crippen LogP contribution < -0.4 is 14.5 Å². The summed E-state index contributed by atoms with van der Waals surface area (Å²) in [6, 6.07) is 12.8. The van der Waals surface area contributed by atoms with Crippen molar-refractivity contribution in [2.75, 3.05) is 43.1 Å². The number of nitrogens with zero attached hydrogens (tertiary/aromatic N) is 4. The van der Waals surface area contributed by atoms with Gasteiger partial charge in [0.15, 0.2) is 0 Å². The molecule has 0 spiro atoms. The molecule has 2 saturated heterocycles. The van der Waals surface area contributed by atoms with E-state index < -0.39 is 11.0 Å². The molecule has 9 nitrogen and oxygen atoms in total. The predicted molar refractivity (Wildman–Crippen MR) is 111 cm³/mol. The molecule has 0 saturated carbocycles. The van der Waals surface area contributed by atoms with Crippen LogP contribution in [0.25, 0.3) is 0 Å². The third kappa shape index (κ3) is 3.59. The van der Waals surface area contributed by atoms with Gasteiger partial charge in [0.2, 0.25) is 5.91 Å². The smallest absolute Gasteiger partial charge is 0.269 e. The molecular formula is C21H22N4O5. The van der Waals surface area contributed by atoms with Crippen molar-refractivity contribution in [2.24, 2.45) is 0 Å². The number of rotatable bonds is 5. The predicted octanol–water partition coefficient (Wildman–Crippen LogP) is 2.06. The van der Waals surface area contributed by atoms with Crippen LogP contribution in [0.4, 0.5) is 17.1 Å². The number of methoxy groups -OCH3 is 1. The highest BCUT2D eigenvalue weighted by molar-refractivity contribution is 6.22. The van der Waals surface area contributed by atoms with E-state index in [4.69, 9.17) is 4.74 Å². The van der Waals surface area contributed by atoms with Crippen LogP contribution in [0.15, 0.2) is 48.5 Å². The van der Waals surface area contributed by atoms with E-state index in [1.54, 1.807) is 7.11 Å². The van der Waals surface area contributed by atoms with E-state index in [1.165, 1.54) is 24.3 Å². The number of imide groups is 1. The van der Waals surface area contributed by atoms with Crippen LogP contribution in [0.1, 0.15) is 6.42 Å². The second-order valence-corrected chi connectivity index (χ2v) is 7.26. The van der Waals surface area contributed by atoms with Crippen molar-refractivity contribution in [3.8, 4) is 5.75 Å². The highest BCUT2D eigenvalue weighted by Gasteiger charge is 2.43. The number of carbonyl (C=O) groups is 2. The standard InChI is InChI=1S/C21H22N4O5/c1-30-19-5-3-2-4-17(19)22-10-12-23(13-11-22)18-14-20(26)24(21(18)27)15-6-8-16(9-7-15)25(28)29/h2-9,18H,10-14H2,1H3. The number of benzene rings is 2. The Kier molecular flexibility index (Phi) is 5.37. The topological polar surface area (TPSA) is 96.2 Å². The number of piperazine rings is 1. The second kappa shape index (κ2) is 8.11. The number of amides is 2. The Bertz CT molecular complexity index is 970. The lowest BCUT2D eigenvalue weighted by molar-refractivity contribution is -0.384. The van der Waals surface area contributed by atoms with Gasteiger partial charge >= 0.3 is 0 Å². The number of para-hydroxylation sites is 2. The lowest BCUT2D eigenvalue weighted by Crippen LogP contribution is -2.52. The molecule has 1 atom stereocenters. The average Bonchev–Trinajstić information content (AvgIpc) is 3.07. The summed E-state index contributed by atoms with van der Waals surface area (Å²) in [7, 11) is 1.64. The highest BCUT2D eigenvalue weighted by Crippen LogP contribution is 2.31. The lowest BCUT2D eigenvalue weighted by Gasteiger charge is -2.38. The molecule has 2 aliphatic rings. The molecule has 156 valence electrons. The molecular weight excluding hydrogens is 388 g/mol. The van der Waals surface area contributed by atoms with Crippen LogP contribution >= 0.6 is 0 Å². The SMILES string of the molecule is COc1ccccc1N1CCN(C2CC(=O)N(c3ccc([N+](=O)[O-])cc3)C2=O)CC1. The van der Waals surface area contributed by atoms with Gasteiger partial charge in [-0.15, -0.1) is 0 Å². The Hall–Kier alpha value is -3.46. The fourth-order valence-corrected chi connectivity index (χ4v) is 4.06. The maximum absolute atomic E-state index is 13.0. The van der Waals surface area contributed by atoms with Gasteiger partial charge in [-0.05, 0) is 24.3 Å². The van der Waals surface area contributed by atoms with Crippen molar-refractivity contribution < 1.29 is 19.2 Å². The maximum Gasteiger partial charge on any atom is 0.269 e. The number of carbonyl (C=O) groups excluding carboxylic acids is 2. The number of non-ortho nitro benzene ring substituents is 1. The fraction of sp³-hybridized carbons (Fsp3) is 0.333. The zero-order chi connectivity index (χ0) is 21.3. The van der Waals surface area contributed by atoms with E-state index in [0.29, 0.717) is 18.8 Å². The number of nitro groups is 1.